The molecule has 0 radical (unpaired) electrons. The molecular formula is C8H7FO4. The third-order valence-corrected chi connectivity index (χ3v) is 1.49. The lowest BCUT2D eigenvalue weighted by atomic mass is 10.1. The molecule has 0 atom stereocenters. The highest BCUT2D eigenvalue weighted by molar-refractivity contribution is 5.71. The first-order chi connectivity index (χ1) is 6.00. The summed E-state index contributed by atoms with van der Waals surface area (Å²) in [6.45, 7) is 0. The van der Waals surface area contributed by atoms with Crippen LogP contribution in [0.25, 0.3) is 0 Å². The van der Waals surface area contributed by atoms with Gasteiger partial charge in [-0.1, -0.05) is 0 Å². The second kappa shape index (κ2) is 3.30. The average Bonchev–Trinajstić information content (AvgIpc) is 1.99. The van der Waals surface area contributed by atoms with Gasteiger partial charge in [0.1, 0.15) is 5.75 Å². The molecule has 4 nitrogen and oxygen atoms in total. The van der Waals surface area contributed by atoms with Gasteiger partial charge in [-0.25, -0.2) is 4.39 Å². The Labute approximate surface area is 72.9 Å². The molecule has 0 spiro atoms. The van der Waals surface area contributed by atoms with E-state index >= 15 is 0 Å². The zero-order chi connectivity index (χ0) is 10.0. The number of phenolic OH excluding ortho intramolecular Hbond substituents is 2. The number of phenols is 2. The summed E-state index contributed by atoms with van der Waals surface area (Å²) < 4.78 is 12.5. The smallest absolute Gasteiger partial charge is 0.307 e. The van der Waals surface area contributed by atoms with E-state index in [2.05, 4.69) is 0 Å². The minimum absolute atomic E-state index is 0.0219. The van der Waals surface area contributed by atoms with Crippen LogP contribution in [0.2, 0.25) is 0 Å². The maximum Gasteiger partial charge on any atom is 0.307 e. The quantitative estimate of drug-likeness (QED) is 0.598. The van der Waals surface area contributed by atoms with Crippen LogP contribution in [-0.2, 0) is 11.2 Å². The molecule has 0 saturated carbocycles. The molecule has 1 aromatic rings. The van der Waals surface area contributed by atoms with Crippen LogP contribution in [0.15, 0.2) is 12.1 Å². The first kappa shape index (κ1) is 9.31. The molecule has 0 heterocycles. The standard InChI is InChI=1S/C8H7FO4/c9-5-3-6(10)4(1-7(5)11)2-8(12)13/h1,3,10-11H,2H2,(H,12,13). The van der Waals surface area contributed by atoms with Crippen molar-refractivity contribution in [2.45, 2.75) is 6.42 Å². The molecule has 0 aliphatic carbocycles. The molecule has 0 saturated heterocycles. The third kappa shape index (κ3) is 2.08. The topological polar surface area (TPSA) is 77.8 Å². The molecular weight excluding hydrogens is 179 g/mol. The first-order valence-electron chi connectivity index (χ1n) is 3.43. The highest BCUT2D eigenvalue weighted by Gasteiger charge is 2.10. The molecule has 3 N–H and O–H groups in total. The summed E-state index contributed by atoms with van der Waals surface area (Å²) >= 11 is 0. The Morgan fingerprint density at radius 3 is 2.46 bits per heavy atom. The summed E-state index contributed by atoms with van der Waals surface area (Å²) in [6.07, 6.45) is -0.459. The molecule has 0 unspecified atom stereocenters. The Bertz CT molecular complexity index is 348. The molecule has 70 valence electrons. The van der Waals surface area contributed by atoms with Gasteiger partial charge in [-0.15, -0.1) is 0 Å². The van der Waals surface area contributed by atoms with Gasteiger partial charge in [-0.05, 0) is 6.07 Å². The largest absolute Gasteiger partial charge is 0.508 e. The van der Waals surface area contributed by atoms with Crippen molar-refractivity contribution in [1.82, 2.24) is 0 Å². The lowest BCUT2D eigenvalue weighted by Gasteiger charge is -2.02. The van der Waals surface area contributed by atoms with Crippen LogP contribution in [0.4, 0.5) is 4.39 Å². The lowest BCUT2D eigenvalue weighted by molar-refractivity contribution is -0.136. The highest BCUT2D eigenvalue weighted by Crippen LogP contribution is 2.25. The number of hydrogen-bond donors (Lipinski definition) is 3. The summed E-state index contributed by atoms with van der Waals surface area (Å²) in [5.41, 5.74) is -0.0219. The number of rotatable bonds is 2. The number of carbonyl (C=O) groups is 1. The van der Waals surface area contributed by atoms with Crippen LogP contribution >= 0.6 is 0 Å². The second-order valence-electron chi connectivity index (χ2n) is 2.50. The Balaban J connectivity index is 3.08. The molecule has 0 aliphatic heterocycles. The second-order valence-corrected chi connectivity index (χ2v) is 2.50. The predicted octanol–water partition coefficient (Wildman–Crippen LogP) is 0.864. The summed E-state index contributed by atoms with van der Waals surface area (Å²) in [5, 5.41) is 26.3. The van der Waals surface area contributed by atoms with E-state index in [-0.39, 0.29) is 5.56 Å². The lowest BCUT2D eigenvalue weighted by Crippen LogP contribution is -2.00. The molecule has 0 fully saturated rings. The van der Waals surface area contributed by atoms with Gasteiger partial charge in [-0.3, -0.25) is 4.79 Å². The van der Waals surface area contributed by atoms with Crippen molar-refractivity contribution < 1.29 is 24.5 Å². The zero-order valence-electron chi connectivity index (χ0n) is 6.49. The van der Waals surface area contributed by atoms with Gasteiger partial charge in [0.2, 0.25) is 0 Å². The van der Waals surface area contributed by atoms with Gasteiger partial charge < -0.3 is 15.3 Å². The Hall–Kier alpha value is -1.78. The van der Waals surface area contributed by atoms with E-state index in [1.54, 1.807) is 0 Å². The molecule has 0 amide bonds. The van der Waals surface area contributed by atoms with E-state index in [1.807, 2.05) is 0 Å². The summed E-state index contributed by atoms with van der Waals surface area (Å²) in [4.78, 5) is 10.2. The van der Waals surface area contributed by atoms with Crippen LogP contribution in [0.5, 0.6) is 11.5 Å². The normalized spacial score (nSPS) is 9.92. The predicted molar refractivity (Wildman–Crippen MR) is 41.1 cm³/mol. The summed E-state index contributed by atoms with van der Waals surface area (Å²) in [5.74, 6) is -3.29. The van der Waals surface area contributed by atoms with Crippen LogP contribution in [0.1, 0.15) is 5.56 Å². The summed E-state index contributed by atoms with van der Waals surface area (Å²) in [6, 6.07) is 1.56. The third-order valence-electron chi connectivity index (χ3n) is 1.49. The fraction of sp³-hybridized carbons (Fsp3) is 0.125. The van der Waals surface area contributed by atoms with Crippen LogP contribution < -0.4 is 0 Å². The maximum atomic E-state index is 12.5. The number of halogens is 1. The zero-order valence-corrected chi connectivity index (χ0v) is 6.49. The average molecular weight is 186 g/mol. The van der Waals surface area contributed by atoms with Gasteiger partial charge in [0.15, 0.2) is 11.6 Å². The molecule has 0 aromatic heterocycles. The Kier molecular flexibility index (Phi) is 2.36. The van der Waals surface area contributed by atoms with Gasteiger partial charge in [-0.2, -0.15) is 0 Å². The van der Waals surface area contributed by atoms with E-state index in [4.69, 9.17) is 15.3 Å². The van der Waals surface area contributed by atoms with Crippen molar-refractivity contribution >= 4 is 5.97 Å². The molecule has 13 heavy (non-hydrogen) atoms. The van der Waals surface area contributed by atoms with E-state index in [9.17, 15) is 9.18 Å². The Morgan fingerprint density at radius 2 is 1.92 bits per heavy atom. The van der Waals surface area contributed by atoms with Crippen molar-refractivity contribution in [3.63, 3.8) is 0 Å². The van der Waals surface area contributed by atoms with E-state index in [0.717, 1.165) is 6.07 Å². The fourth-order valence-corrected chi connectivity index (χ4v) is 0.899. The van der Waals surface area contributed by atoms with Gasteiger partial charge >= 0.3 is 5.97 Å². The fourth-order valence-electron chi connectivity index (χ4n) is 0.899. The van der Waals surface area contributed by atoms with Gasteiger partial charge in [0.25, 0.3) is 0 Å². The van der Waals surface area contributed by atoms with E-state index < -0.39 is 29.7 Å². The molecule has 5 heteroatoms. The highest BCUT2D eigenvalue weighted by atomic mass is 19.1. The van der Waals surface area contributed by atoms with Crippen molar-refractivity contribution in [3.8, 4) is 11.5 Å². The van der Waals surface area contributed by atoms with Crippen LogP contribution in [-0.4, -0.2) is 21.3 Å². The number of aliphatic carboxylic acids is 1. The minimum Gasteiger partial charge on any atom is -0.508 e. The SMILES string of the molecule is O=C(O)Cc1cc(O)c(F)cc1O. The Morgan fingerprint density at radius 1 is 1.31 bits per heavy atom. The molecule has 1 rings (SSSR count). The van der Waals surface area contributed by atoms with E-state index in [0.29, 0.717) is 6.07 Å². The molecule has 0 aliphatic rings. The maximum absolute atomic E-state index is 12.5. The number of hydrogen-bond acceptors (Lipinski definition) is 3. The van der Waals surface area contributed by atoms with Crippen LogP contribution in [0.3, 0.4) is 0 Å². The van der Waals surface area contributed by atoms with Crippen LogP contribution in [0, 0.1) is 5.82 Å². The van der Waals surface area contributed by atoms with Crippen molar-refractivity contribution in [1.29, 1.82) is 0 Å². The van der Waals surface area contributed by atoms with Gasteiger partial charge in [0.05, 0.1) is 6.42 Å². The number of carboxylic acid groups (broad SMARTS) is 1. The van der Waals surface area contributed by atoms with Crippen molar-refractivity contribution in [2.24, 2.45) is 0 Å². The van der Waals surface area contributed by atoms with Crippen molar-refractivity contribution in [3.05, 3.63) is 23.5 Å². The molecule has 0 bridgehead atoms. The monoisotopic (exact) mass is 186 g/mol. The molecule has 1 aromatic carbocycles. The summed E-state index contributed by atoms with van der Waals surface area (Å²) in [7, 11) is 0. The van der Waals surface area contributed by atoms with Crippen molar-refractivity contribution in [2.75, 3.05) is 0 Å². The minimum atomic E-state index is -1.17. The number of carboxylic acids is 1. The number of benzene rings is 1. The van der Waals surface area contributed by atoms with Gasteiger partial charge in [0, 0.05) is 11.6 Å². The number of aromatic hydroxyl groups is 2. The van der Waals surface area contributed by atoms with E-state index in [1.165, 1.54) is 0 Å². The first-order valence-corrected chi connectivity index (χ1v) is 3.43.